The van der Waals surface area contributed by atoms with Crippen molar-refractivity contribution in [3.8, 4) is 23.7 Å². The van der Waals surface area contributed by atoms with Gasteiger partial charge in [-0.1, -0.05) is 73.3 Å². The van der Waals surface area contributed by atoms with E-state index in [2.05, 4.69) is 42.7 Å². The minimum atomic E-state index is -0.693. The zero-order valence-electron chi connectivity index (χ0n) is 20.1. The highest BCUT2D eigenvalue weighted by Gasteiger charge is 2.18. The Labute approximate surface area is 202 Å². The molecule has 0 heterocycles. The maximum Gasteiger partial charge on any atom is 0.143 e. The summed E-state index contributed by atoms with van der Waals surface area (Å²) in [5.74, 6) is 11.7. The van der Waals surface area contributed by atoms with Crippen LogP contribution in [0.2, 0.25) is 0 Å². The maximum atomic E-state index is 14.6. The van der Waals surface area contributed by atoms with Crippen LogP contribution in [0.3, 0.4) is 0 Å². The van der Waals surface area contributed by atoms with E-state index in [1.54, 1.807) is 0 Å². The van der Waals surface area contributed by atoms with Crippen molar-refractivity contribution in [2.24, 2.45) is 11.8 Å². The van der Waals surface area contributed by atoms with Crippen molar-refractivity contribution in [3.05, 3.63) is 105 Å². The normalized spacial score (nSPS) is 17.3. The molecule has 0 spiro atoms. The van der Waals surface area contributed by atoms with Crippen molar-refractivity contribution >= 4 is 0 Å². The van der Waals surface area contributed by atoms with Crippen molar-refractivity contribution in [2.45, 2.75) is 52.9 Å². The summed E-state index contributed by atoms with van der Waals surface area (Å²) < 4.78 is 29.3. The van der Waals surface area contributed by atoms with Crippen molar-refractivity contribution in [2.75, 3.05) is 0 Å². The van der Waals surface area contributed by atoms with E-state index in [0.717, 1.165) is 40.5 Å². The second kappa shape index (κ2) is 10.7. The second-order valence-corrected chi connectivity index (χ2v) is 9.66. The average Bonchev–Trinajstić information content (AvgIpc) is 2.81. The van der Waals surface area contributed by atoms with E-state index < -0.39 is 11.6 Å². The van der Waals surface area contributed by atoms with Gasteiger partial charge in [0.1, 0.15) is 11.6 Å². The number of hydrogen-bond acceptors (Lipinski definition) is 0. The van der Waals surface area contributed by atoms with Gasteiger partial charge in [-0.25, -0.2) is 8.78 Å². The molecule has 0 radical (unpaired) electrons. The fourth-order valence-corrected chi connectivity index (χ4v) is 4.54. The largest absolute Gasteiger partial charge is 0.205 e. The van der Waals surface area contributed by atoms with Gasteiger partial charge in [-0.15, -0.1) is 0 Å². The number of hydrogen-bond donors (Lipinski definition) is 0. The maximum absolute atomic E-state index is 14.6. The zero-order chi connectivity index (χ0) is 24.1. The first-order valence-electron chi connectivity index (χ1n) is 12.1. The number of halogens is 2. The molecule has 0 nitrogen and oxygen atoms in total. The van der Waals surface area contributed by atoms with Gasteiger partial charge < -0.3 is 0 Å². The summed E-state index contributed by atoms with van der Waals surface area (Å²) in [4.78, 5) is 0. The number of rotatable bonds is 2. The average molecular weight is 453 g/mol. The molecule has 1 aliphatic rings. The Balaban J connectivity index is 1.48. The molecule has 2 heteroatoms. The minimum Gasteiger partial charge on any atom is -0.205 e. The molecule has 172 valence electrons. The van der Waals surface area contributed by atoms with Gasteiger partial charge in [-0.2, -0.15) is 0 Å². The van der Waals surface area contributed by atoms with E-state index in [4.69, 9.17) is 0 Å². The van der Waals surface area contributed by atoms with Crippen LogP contribution in [-0.2, 0) is 6.42 Å². The lowest BCUT2D eigenvalue weighted by Crippen LogP contribution is -2.14. The van der Waals surface area contributed by atoms with E-state index in [-0.39, 0.29) is 5.56 Å². The lowest BCUT2D eigenvalue weighted by atomic mass is 9.80. The van der Waals surface area contributed by atoms with E-state index in [0.29, 0.717) is 5.56 Å². The fourth-order valence-electron chi connectivity index (χ4n) is 4.54. The third kappa shape index (κ3) is 6.15. The van der Waals surface area contributed by atoms with Crippen LogP contribution in [0.4, 0.5) is 8.78 Å². The third-order valence-electron chi connectivity index (χ3n) is 6.72. The number of benzene rings is 3. The molecule has 0 unspecified atom stereocenters. The van der Waals surface area contributed by atoms with Crippen LogP contribution in [0, 0.1) is 61.0 Å². The Morgan fingerprint density at radius 1 is 0.735 bits per heavy atom. The Kier molecular flexibility index (Phi) is 7.49. The van der Waals surface area contributed by atoms with Gasteiger partial charge in [0.25, 0.3) is 0 Å². The predicted octanol–water partition coefficient (Wildman–Crippen LogP) is 7.75. The van der Waals surface area contributed by atoms with Gasteiger partial charge in [0, 0.05) is 16.7 Å². The molecule has 0 N–H and O–H groups in total. The molecular formula is C32H30F2. The fraction of sp³-hybridized carbons (Fsp3) is 0.312. The molecule has 1 aliphatic carbocycles. The second-order valence-electron chi connectivity index (χ2n) is 9.66. The van der Waals surface area contributed by atoms with E-state index in [1.165, 1.54) is 43.4 Å². The molecule has 0 bridgehead atoms. The van der Waals surface area contributed by atoms with Gasteiger partial charge in [-0.3, -0.25) is 0 Å². The van der Waals surface area contributed by atoms with Crippen LogP contribution in [0.1, 0.15) is 71.6 Å². The Hall–Kier alpha value is -3.36. The van der Waals surface area contributed by atoms with Gasteiger partial charge in [-0.05, 0) is 86.4 Å². The monoisotopic (exact) mass is 452 g/mol. The first-order valence-corrected chi connectivity index (χ1v) is 12.1. The molecule has 0 aromatic heterocycles. The van der Waals surface area contributed by atoms with Crippen molar-refractivity contribution in [1.82, 2.24) is 0 Å². The van der Waals surface area contributed by atoms with E-state index >= 15 is 0 Å². The van der Waals surface area contributed by atoms with E-state index in [1.807, 2.05) is 44.2 Å². The first kappa shape index (κ1) is 23.8. The van der Waals surface area contributed by atoms with Crippen molar-refractivity contribution < 1.29 is 8.78 Å². The molecule has 0 aliphatic heterocycles. The number of aryl methyl sites for hydroxylation is 2. The van der Waals surface area contributed by atoms with Gasteiger partial charge in [0.2, 0.25) is 0 Å². The molecule has 0 amide bonds. The molecule has 34 heavy (non-hydrogen) atoms. The third-order valence-corrected chi connectivity index (χ3v) is 6.72. The molecule has 1 saturated carbocycles. The summed E-state index contributed by atoms with van der Waals surface area (Å²) in [5, 5.41) is 0. The summed E-state index contributed by atoms with van der Waals surface area (Å²) in [5.41, 5.74) is 5.15. The molecule has 0 saturated heterocycles. The predicted molar refractivity (Wildman–Crippen MR) is 136 cm³/mol. The molecular weight excluding hydrogens is 422 g/mol. The van der Waals surface area contributed by atoms with Crippen LogP contribution in [0.15, 0.2) is 54.6 Å². The Morgan fingerprint density at radius 2 is 1.38 bits per heavy atom. The summed E-state index contributed by atoms with van der Waals surface area (Å²) in [7, 11) is 0. The van der Waals surface area contributed by atoms with E-state index in [9.17, 15) is 8.78 Å². The van der Waals surface area contributed by atoms with Gasteiger partial charge >= 0.3 is 0 Å². The minimum absolute atomic E-state index is 0.222. The smallest absolute Gasteiger partial charge is 0.143 e. The molecule has 4 rings (SSSR count). The van der Waals surface area contributed by atoms with Gasteiger partial charge in [0.05, 0.1) is 5.56 Å². The first-order chi connectivity index (χ1) is 16.4. The summed E-state index contributed by atoms with van der Waals surface area (Å²) in [6.45, 7) is 6.34. The van der Waals surface area contributed by atoms with Crippen LogP contribution < -0.4 is 0 Å². The molecule has 3 aromatic rings. The Bertz CT molecular complexity index is 1260. The van der Waals surface area contributed by atoms with Crippen molar-refractivity contribution in [1.29, 1.82) is 0 Å². The highest BCUT2D eigenvalue weighted by molar-refractivity contribution is 5.51. The van der Waals surface area contributed by atoms with Crippen LogP contribution in [0.25, 0.3) is 0 Å². The lowest BCUT2D eigenvalue weighted by molar-refractivity contribution is 0.289. The Morgan fingerprint density at radius 3 is 2.03 bits per heavy atom. The summed E-state index contributed by atoms with van der Waals surface area (Å²) >= 11 is 0. The van der Waals surface area contributed by atoms with Crippen LogP contribution in [-0.4, -0.2) is 0 Å². The van der Waals surface area contributed by atoms with Crippen molar-refractivity contribution in [3.63, 3.8) is 0 Å². The van der Waals surface area contributed by atoms with Gasteiger partial charge in [0.15, 0.2) is 0 Å². The molecule has 1 fully saturated rings. The standard InChI is InChI=1S/C32H30F2/c1-22-4-8-25(9-5-22)12-13-28-20-31(33)30(32(34)21-28)17-16-29-15-14-27(18-24(29)3)19-26-10-6-23(2)7-11-26/h4-5,8-9,14-15,18,20-21,23,26H,6-7,10-11,19H2,1-3H3. The quantitative estimate of drug-likeness (QED) is 0.349. The molecule has 0 atom stereocenters. The SMILES string of the molecule is Cc1ccc(C#Cc2cc(F)c(C#Cc3ccc(CC4CCC(C)CC4)cc3C)c(F)c2)cc1. The highest BCUT2D eigenvalue weighted by Crippen LogP contribution is 2.31. The summed E-state index contributed by atoms with van der Waals surface area (Å²) in [6.07, 6.45) is 6.33. The lowest BCUT2D eigenvalue weighted by Gasteiger charge is -2.26. The summed E-state index contributed by atoms with van der Waals surface area (Å²) in [6, 6.07) is 16.4. The van der Waals surface area contributed by atoms with Crippen LogP contribution in [0.5, 0.6) is 0 Å². The highest BCUT2D eigenvalue weighted by atomic mass is 19.1. The van der Waals surface area contributed by atoms with Crippen LogP contribution >= 0.6 is 0 Å². The molecule has 3 aromatic carbocycles. The topological polar surface area (TPSA) is 0 Å². The zero-order valence-corrected chi connectivity index (χ0v) is 20.1.